The van der Waals surface area contributed by atoms with E-state index in [4.69, 9.17) is 10.8 Å². The number of hydrogen-bond donors (Lipinski definition) is 4. The fourth-order valence-electron chi connectivity index (χ4n) is 2.19. The van der Waals surface area contributed by atoms with Crippen molar-refractivity contribution in [3.63, 3.8) is 0 Å². The van der Waals surface area contributed by atoms with Gasteiger partial charge >= 0.3 is 12.0 Å². The number of aliphatic carboxylic acids is 1. The Hall–Kier alpha value is -2.57. The number of hydrogen-bond acceptors (Lipinski definition) is 3. The third-order valence-electron chi connectivity index (χ3n) is 3.34. The Balaban J connectivity index is 1.83. The Morgan fingerprint density at radius 3 is 2.52 bits per heavy atom. The molecule has 2 unspecified atom stereocenters. The van der Waals surface area contributed by atoms with Gasteiger partial charge in [0.25, 0.3) is 0 Å². The number of nitrogens with two attached hydrogens (primary N) is 1. The number of nitrogens with one attached hydrogen (secondary N) is 2. The smallest absolute Gasteiger partial charge is 0.326 e. The zero-order valence-corrected chi connectivity index (χ0v) is 11.3. The molecule has 1 aliphatic rings. The topological polar surface area (TPSA) is 122 Å². The molecule has 7 heteroatoms. The highest BCUT2D eigenvalue weighted by atomic mass is 16.4. The molecule has 1 aliphatic carbocycles. The number of urea groups is 1. The number of carboxylic acids is 1. The maximum absolute atomic E-state index is 11.7. The molecule has 0 bridgehead atoms. The van der Waals surface area contributed by atoms with E-state index < -0.39 is 30.4 Å². The van der Waals surface area contributed by atoms with Crippen molar-refractivity contribution in [3.05, 3.63) is 35.9 Å². The Bertz CT molecular complexity index is 546. The second-order valence-electron chi connectivity index (χ2n) is 5.04. The van der Waals surface area contributed by atoms with Gasteiger partial charge in [0.15, 0.2) is 0 Å². The quantitative estimate of drug-likeness (QED) is 0.597. The van der Waals surface area contributed by atoms with Crippen LogP contribution in [0.4, 0.5) is 4.79 Å². The van der Waals surface area contributed by atoms with Crippen molar-refractivity contribution >= 4 is 17.9 Å². The Morgan fingerprint density at radius 2 is 1.95 bits per heavy atom. The van der Waals surface area contributed by atoms with Crippen molar-refractivity contribution in [2.75, 3.05) is 0 Å². The van der Waals surface area contributed by atoms with E-state index in [1.165, 1.54) is 0 Å². The molecule has 21 heavy (non-hydrogen) atoms. The first-order valence-corrected chi connectivity index (χ1v) is 6.60. The van der Waals surface area contributed by atoms with Gasteiger partial charge in [0.2, 0.25) is 5.91 Å². The molecule has 1 aromatic rings. The van der Waals surface area contributed by atoms with Crippen LogP contribution < -0.4 is 16.4 Å². The van der Waals surface area contributed by atoms with E-state index in [-0.39, 0.29) is 12.0 Å². The van der Waals surface area contributed by atoms with Crippen LogP contribution in [0.2, 0.25) is 0 Å². The van der Waals surface area contributed by atoms with E-state index in [0.717, 1.165) is 12.0 Å². The Labute approximate surface area is 121 Å². The van der Waals surface area contributed by atoms with Crippen molar-refractivity contribution in [2.45, 2.75) is 30.8 Å². The summed E-state index contributed by atoms with van der Waals surface area (Å²) in [6, 6.07) is 7.81. The van der Waals surface area contributed by atoms with Gasteiger partial charge in [-0.05, 0) is 12.0 Å². The van der Waals surface area contributed by atoms with E-state index >= 15 is 0 Å². The molecule has 1 fully saturated rings. The molecule has 0 aliphatic heterocycles. The van der Waals surface area contributed by atoms with Gasteiger partial charge in [0.05, 0.1) is 6.42 Å². The number of rotatable bonds is 6. The fourth-order valence-corrected chi connectivity index (χ4v) is 2.19. The molecule has 3 atom stereocenters. The summed E-state index contributed by atoms with van der Waals surface area (Å²) in [5.74, 6) is -1.83. The van der Waals surface area contributed by atoms with Crippen molar-refractivity contribution in [2.24, 2.45) is 5.73 Å². The lowest BCUT2D eigenvalue weighted by Crippen LogP contribution is -2.48. The molecule has 1 aromatic carbocycles. The van der Waals surface area contributed by atoms with Crippen LogP contribution in [0.3, 0.4) is 0 Å². The average Bonchev–Trinajstić information content (AvgIpc) is 3.17. The zero-order chi connectivity index (χ0) is 15.4. The van der Waals surface area contributed by atoms with Crippen LogP contribution in [0.15, 0.2) is 30.3 Å². The van der Waals surface area contributed by atoms with Gasteiger partial charge in [0.1, 0.15) is 6.04 Å². The van der Waals surface area contributed by atoms with Gasteiger partial charge in [0, 0.05) is 12.0 Å². The Morgan fingerprint density at radius 1 is 1.29 bits per heavy atom. The standard InChI is InChI=1S/C14H17N3O4/c15-12(18)7-11(13(19)20)17-14(21)16-10-6-9(10)8-4-2-1-3-5-8/h1-5,9-11H,6-7H2,(H2,15,18)(H,19,20)(H2,16,17,21)/t9?,10?,11-/m1/s1. The van der Waals surface area contributed by atoms with Crippen LogP contribution in [0.25, 0.3) is 0 Å². The SMILES string of the molecule is NC(=O)C[C@@H](NC(=O)NC1CC1c1ccccc1)C(=O)O. The Kier molecular flexibility index (Phi) is 4.42. The molecular formula is C14H17N3O4. The molecule has 112 valence electrons. The molecular weight excluding hydrogens is 274 g/mol. The first kappa shape index (κ1) is 14.8. The minimum absolute atomic E-state index is 0.0181. The number of carboxylic acid groups (broad SMARTS) is 1. The minimum Gasteiger partial charge on any atom is -0.480 e. The summed E-state index contributed by atoms with van der Waals surface area (Å²) < 4.78 is 0. The van der Waals surface area contributed by atoms with Crippen molar-refractivity contribution in [1.29, 1.82) is 0 Å². The van der Waals surface area contributed by atoms with Crippen LogP contribution in [0, 0.1) is 0 Å². The average molecular weight is 291 g/mol. The van der Waals surface area contributed by atoms with E-state index in [9.17, 15) is 14.4 Å². The van der Waals surface area contributed by atoms with Crippen molar-refractivity contribution in [1.82, 2.24) is 10.6 Å². The first-order valence-electron chi connectivity index (χ1n) is 6.60. The summed E-state index contributed by atoms with van der Waals surface area (Å²) in [4.78, 5) is 33.4. The highest BCUT2D eigenvalue weighted by Gasteiger charge is 2.39. The second-order valence-corrected chi connectivity index (χ2v) is 5.04. The lowest BCUT2D eigenvalue weighted by Gasteiger charge is -2.13. The molecule has 0 spiro atoms. The first-order chi connectivity index (χ1) is 9.97. The number of amides is 3. The highest BCUT2D eigenvalue weighted by Crippen LogP contribution is 2.40. The molecule has 0 heterocycles. The molecule has 2 rings (SSSR count). The molecule has 7 nitrogen and oxygen atoms in total. The zero-order valence-electron chi connectivity index (χ0n) is 11.3. The molecule has 0 saturated heterocycles. The second kappa shape index (κ2) is 6.25. The number of carbonyl (C=O) groups excluding carboxylic acids is 2. The van der Waals surface area contributed by atoms with Crippen LogP contribution in [-0.4, -0.2) is 35.1 Å². The van der Waals surface area contributed by atoms with Gasteiger partial charge in [-0.15, -0.1) is 0 Å². The summed E-state index contributed by atoms with van der Waals surface area (Å²) in [5, 5.41) is 13.8. The van der Waals surface area contributed by atoms with E-state index in [1.807, 2.05) is 30.3 Å². The van der Waals surface area contributed by atoms with Crippen molar-refractivity contribution in [3.8, 4) is 0 Å². The van der Waals surface area contributed by atoms with Crippen LogP contribution in [0.5, 0.6) is 0 Å². The fraction of sp³-hybridized carbons (Fsp3) is 0.357. The molecule has 3 amide bonds. The lowest BCUT2D eigenvalue weighted by molar-refractivity contribution is -0.140. The van der Waals surface area contributed by atoms with E-state index in [0.29, 0.717) is 0 Å². The highest BCUT2D eigenvalue weighted by molar-refractivity contribution is 5.87. The minimum atomic E-state index is -1.31. The third-order valence-corrected chi connectivity index (χ3v) is 3.34. The van der Waals surface area contributed by atoms with Gasteiger partial charge in [-0.2, -0.15) is 0 Å². The predicted octanol–water partition coefficient (Wildman–Crippen LogP) is 0.170. The van der Waals surface area contributed by atoms with Crippen molar-refractivity contribution < 1.29 is 19.5 Å². The largest absolute Gasteiger partial charge is 0.480 e. The van der Waals surface area contributed by atoms with Crippen LogP contribution >= 0.6 is 0 Å². The van der Waals surface area contributed by atoms with E-state index in [1.54, 1.807) is 0 Å². The van der Waals surface area contributed by atoms with Gasteiger partial charge in [-0.3, -0.25) is 4.79 Å². The van der Waals surface area contributed by atoms with Crippen LogP contribution in [-0.2, 0) is 9.59 Å². The summed E-state index contributed by atoms with van der Waals surface area (Å²) in [7, 11) is 0. The molecule has 0 aromatic heterocycles. The lowest BCUT2D eigenvalue weighted by atomic mass is 10.1. The summed E-state index contributed by atoms with van der Waals surface area (Å²) >= 11 is 0. The molecule has 0 radical (unpaired) electrons. The maximum Gasteiger partial charge on any atom is 0.326 e. The molecule has 5 N–H and O–H groups in total. The summed E-state index contributed by atoms with van der Waals surface area (Å²) in [6.07, 6.45) is 0.376. The normalized spacial score (nSPS) is 21.1. The third kappa shape index (κ3) is 4.20. The van der Waals surface area contributed by atoms with E-state index in [2.05, 4.69) is 10.6 Å². The van der Waals surface area contributed by atoms with Gasteiger partial charge < -0.3 is 21.5 Å². The number of benzene rings is 1. The maximum atomic E-state index is 11.7. The predicted molar refractivity (Wildman–Crippen MR) is 74.5 cm³/mol. The monoisotopic (exact) mass is 291 g/mol. The number of carbonyl (C=O) groups is 3. The number of primary amides is 1. The van der Waals surface area contributed by atoms with Gasteiger partial charge in [-0.25, -0.2) is 9.59 Å². The van der Waals surface area contributed by atoms with Crippen LogP contribution in [0.1, 0.15) is 24.3 Å². The summed E-state index contributed by atoms with van der Waals surface area (Å²) in [6.45, 7) is 0. The molecule has 1 saturated carbocycles. The van der Waals surface area contributed by atoms with Gasteiger partial charge in [-0.1, -0.05) is 30.3 Å². The summed E-state index contributed by atoms with van der Waals surface area (Å²) in [5.41, 5.74) is 6.08.